The molecule has 0 saturated heterocycles. The number of benzene rings is 2. The molecule has 0 aliphatic heterocycles. The Morgan fingerprint density at radius 2 is 1.94 bits per heavy atom. The van der Waals surface area contributed by atoms with Crippen LogP contribution in [0.25, 0.3) is 10.9 Å². The van der Waals surface area contributed by atoms with E-state index in [2.05, 4.69) is 15.3 Å². The van der Waals surface area contributed by atoms with Crippen molar-refractivity contribution in [3.63, 3.8) is 0 Å². The maximum Gasteiger partial charge on any atom is 0.295 e. The Balaban J connectivity index is 2.07. The van der Waals surface area contributed by atoms with Gasteiger partial charge in [-0.2, -0.15) is 8.78 Å². The molecule has 1 atom stereocenters. The Hall–Kier alpha value is -2.57. The van der Waals surface area contributed by atoms with Gasteiger partial charge in [0.15, 0.2) is 0 Å². The number of aromatic nitrogens is 2. The van der Waals surface area contributed by atoms with Crippen LogP contribution in [0.5, 0.6) is 5.75 Å². The Morgan fingerprint density at radius 3 is 2.55 bits per heavy atom. The minimum absolute atomic E-state index is 0.255. The van der Waals surface area contributed by atoms with Crippen molar-refractivity contribution < 1.29 is 23.2 Å². The molecule has 2 aromatic carbocycles. The van der Waals surface area contributed by atoms with Crippen LogP contribution in [0.4, 0.5) is 14.6 Å². The third-order valence-electron chi connectivity index (χ3n) is 5.05. The van der Waals surface area contributed by atoms with Gasteiger partial charge in [0, 0.05) is 23.1 Å². The highest BCUT2D eigenvalue weighted by atomic mass is 31.2. The van der Waals surface area contributed by atoms with E-state index in [0.29, 0.717) is 39.2 Å². The first-order valence-electron chi connectivity index (χ1n) is 9.74. The fraction of sp³-hybridized carbons (Fsp3) is 0.364. The van der Waals surface area contributed by atoms with Crippen molar-refractivity contribution in [2.45, 2.75) is 25.8 Å². The van der Waals surface area contributed by atoms with E-state index in [4.69, 9.17) is 9.84 Å². The number of halogens is 2. The van der Waals surface area contributed by atoms with E-state index in [1.807, 2.05) is 6.92 Å². The molecule has 3 aromatic rings. The molecule has 0 spiro atoms. The van der Waals surface area contributed by atoms with Gasteiger partial charge in [0.05, 0.1) is 17.9 Å². The van der Waals surface area contributed by atoms with Gasteiger partial charge < -0.3 is 19.7 Å². The average molecular weight is 449 g/mol. The van der Waals surface area contributed by atoms with Crippen LogP contribution < -0.4 is 15.4 Å². The molecule has 31 heavy (non-hydrogen) atoms. The molecule has 0 bridgehead atoms. The standard InChI is InChI=1S/C22H26F2N3O3P/c1-13(15-7-6-8-16(9-15)22(23,24)12-28)25-21-17-10-20(31(4,5)29)19(30-3)11-18(17)26-14(2)27-21/h6-11,13,28H,12H2,1-5H3,(H,25,26,27)/t13-/m1/s1. The Morgan fingerprint density at radius 1 is 1.23 bits per heavy atom. The fourth-order valence-electron chi connectivity index (χ4n) is 3.37. The number of aliphatic hydroxyl groups is 1. The molecule has 0 aliphatic carbocycles. The summed E-state index contributed by atoms with van der Waals surface area (Å²) in [7, 11) is -1.13. The number of rotatable bonds is 7. The zero-order valence-corrected chi connectivity index (χ0v) is 19.0. The van der Waals surface area contributed by atoms with Gasteiger partial charge in [0.2, 0.25) is 0 Å². The molecule has 0 amide bonds. The molecular weight excluding hydrogens is 423 g/mol. The normalized spacial score (nSPS) is 13.3. The summed E-state index contributed by atoms with van der Waals surface area (Å²) >= 11 is 0. The molecule has 0 aliphatic rings. The van der Waals surface area contributed by atoms with Crippen molar-refractivity contribution in [2.24, 2.45) is 0 Å². The summed E-state index contributed by atoms with van der Waals surface area (Å²) in [5.41, 5.74) is 0.979. The summed E-state index contributed by atoms with van der Waals surface area (Å²) in [5, 5.41) is 13.5. The van der Waals surface area contributed by atoms with Crippen LogP contribution in [0.2, 0.25) is 0 Å². The number of hydrogen-bond donors (Lipinski definition) is 2. The number of alkyl halides is 2. The number of anilines is 1. The predicted molar refractivity (Wildman–Crippen MR) is 119 cm³/mol. The van der Waals surface area contributed by atoms with Crippen LogP contribution >= 0.6 is 7.14 Å². The number of fused-ring (bicyclic) bond motifs is 1. The molecule has 6 nitrogen and oxygen atoms in total. The van der Waals surface area contributed by atoms with Crippen LogP contribution in [0.3, 0.4) is 0 Å². The second kappa shape index (κ2) is 8.52. The smallest absolute Gasteiger partial charge is 0.295 e. The first kappa shape index (κ1) is 23.1. The van der Waals surface area contributed by atoms with Gasteiger partial charge in [-0.15, -0.1) is 0 Å². The van der Waals surface area contributed by atoms with Gasteiger partial charge in [0.25, 0.3) is 5.92 Å². The summed E-state index contributed by atoms with van der Waals surface area (Å²) in [4.78, 5) is 8.95. The molecule has 3 rings (SSSR count). The van der Waals surface area contributed by atoms with Crippen molar-refractivity contribution >= 4 is 29.2 Å². The van der Waals surface area contributed by atoms with E-state index in [1.54, 1.807) is 38.5 Å². The second-order valence-electron chi connectivity index (χ2n) is 7.87. The van der Waals surface area contributed by atoms with E-state index < -0.39 is 19.7 Å². The zero-order chi connectivity index (χ0) is 23.0. The van der Waals surface area contributed by atoms with Gasteiger partial charge in [0.1, 0.15) is 31.1 Å². The monoisotopic (exact) mass is 449 g/mol. The lowest BCUT2D eigenvalue weighted by Crippen LogP contribution is -2.19. The van der Waals surface area contributed by atoms with Crippen molar-refractivity contribution in [1.29, 1.82) is 0 Å². The molecule has 0 radical (unpaired) electrons. The van der Waals surface area contributed by atoms with E-state index >= 15 is 0 Å². The SMILES string of the molecule is COc1cc2nc(C)nc(N[C@H](C)c3cccc(C(F)(F)CO)c3)c2cc1P(C)(C)=O. The lowest BCUT2D eigenvalue weighted by atomic mass is 10.0. The fourth-order valence-corrected chi connectivity index (χ4v) is 4.50. The number of methoxy groups -OCH3 is 1. The van der Waals surface area contributed by atoms with Gasteiger partial charge in [-0.05, 0) is 44.9 Å². The quantitative estimate of drug-likeness (QED) is 0.519. The molecule has 2 N–H and O–H groups in total. The van der Waals surface area contributed by atoms with Crippen LogP contribution in [-0.4, -0.2) is 42.1 Å². The molecule has 0 fully saturated rings. The van der Waals surface area contributed by atoms with E-state index in [-0.39, 0.29) is 11.6 Å². The minimum Gasteiger partial charge on any atom is -0.496 e. The van der Waals surface area contributed by atoms with E-state index in [9.17, 15) is 13.3 Å². The van der Waals surface area contributed by atoms with Gasteiger partial charge in [-0.1, -0.05) is 18.2 Å². The summed E-state index contributed by atoms with van der Waals surface area (Å²) in [6, 6.07) is 9.04. The average Bonchev–Trinajstić information content (AvgIpc) is 2.72. The molecule has 166 valence electrons. The maximum absolute atomic E-state index is 13.9. The Bertz CT molecular complexity index is 1160. The lowest BCUT2D eigenvalue weighted by molar-refractivity contribution is -0.0556. The predicted octanol–water partition coefficient (Wildman–Crippen LogP) is 4.45. The number of aryl methyl sites for hydroxylation is 1. The van der Waals surface area contributed by atoms with Gasteiger partial charge >= 0.3 is 0 Å². The third-order valence-corrected chi connectivity index (χ3v) is 6.56. The van der Waals surface area contributed by atoms with Gasteiger partial charge in [-0.25, -0.2) is 9.97 Å². The van der Waals surface area contributed by atoms with Crippen LogP contribution in [0.15, 0.2) is 36.4 Å². The summed E-state index contributed by atoms with van der Waals surface area (Å²) < 4.78 is 46.0. The van der Waals surface area contributed by atoms with Crippen molar-refractivity contribution in [3.8, 4) is 5.75 Å². The number of hydrogen-bond acceptors (Lipinski definition) is 6. The first-order chi connectivity index (χ1) is 14.5. The molecule has 0 unspecified atom stereocenters. The van der Waals surface area contributed by atoms with Crippen LogP contribution in [-0.2, 0) is 10.5 Å². The second-order valence-corrected chi connectivity index (χ2v) is 11.0. The van der Waals surface area contributed by atoms with Crippen molar-refractivity contribution in [1.82, 2.24) is 9.97 Å². The van der Waals surface area contributed by atoms with Crippen molar-refractivity contribution in [3.05, 3.63) is 53.3 Å². The topological polar surface area (TPSA) is 84.3 Å². The molecule has 1 aromatic heterocycles. The minimum atomic E-state index is -3.32. The van der Waals surface area contributed by atoms with Crippen LogP contribution in [0.1, 0.15) is 29.9 Å². The van der Waals surface area contributed by atoms with E-state index in [0.717, 1.165) is 0 Å². The van der Waals surface area contributed by atoms with Crippen LogP contribution in [0, 0.1) is 6.92 Å². The number of ether oxygens (including phenoxy) is 1. The Kier molecular flexibility index (Phi) is 6.35. The summed E-state index contributed by atoms with van der Waals surface area (Å²) in [5.74, 6) is -1.79. The Labute approximate surface area is 180 Å². The van der Waals surface area contributed by atoms with Crippen molar-refractivity contribution in [2.75, 3.05) is 32.4 Å². The highest BCUT2D eigenvalue weighted by Gasteiger charge is 2.31. The largest absolute Gasteiger partial charge is 0.496 e. The molecular formula is C22H26F2N3O3P. The van der Waals surface area contributed by atoms with E-state index in [1.165, 1.54) is 25.3 Å². The first-order valence-corrected chi connectivity index (χ1v) is 12.3. The maximum atomic E-state index is 13.9. The summed E-state index contributed by atoms with van der Waals surface area (Å²) in [6.45, 7) is 5.65. The highest BCUT2D eigenvalue weighted by Crippen LogP contribution is 2.41. The lowest BCUT2D eigenvalue weighted by Gasteiger charge is -2.20. The number of aliphatic hydroxyl groups excluding tert-OH is 1. The molecule has 1 heterocycles. The van der Waals surface area contributed by atoms with Gasteiger partial charge in [-0.3, -0.25) is 0 Å². The third kappa shape index (κ3) is 4.86. The highest BCUT2D eigenvalue weighted by molar-refractivity contribution is 7.70. The zero-order valence-electron chi connectivity index (χ0n) is 18.1. The molecule has 0 saturated carbocycles. The number of nitrogens with one attached hydrogen (secondary N) is 1. The molecule has 9 heteroatoms. The summed E-state index contributed by atoms with van der Waals surface area (Å²) in [6.07, 6.45) is 0. The number of nitrogens with zero attached hydrogens (tertiary/aromatic N) is 2.